The minimum absolute atomic E-state index is 0.380. The van der Waals surface area contributed by atoms with Crippen molar-refractivity contribution in [2.45, 2.75) is 25.7 Å². The number of nitrogens with two attached hydrogens (primary N) is 1. The van der Waals surface area contributed by atoms with Crippen LogP contribution in [0.1, 0.15) is 40.9 Å². The van der Waals surface area contributed by atoms with E-state index >= 15 is 0 Å². The summed E-state index contributed by atoms with van der Waals surface area (Å²) in [7, 11) is 0. The lowest BCUT2D eigenvalue weighted by atomic mass is 9.95. The number of nitrogens with zero attached hydrogens (tertiary/aromatic N) is 1. The van der Waals surface area contributed by atoms with Gasteiger partial charge in [0.05, 0.1) is 0 Å². The molecule has 0 aliphatic carbocycles. The summed E-state index contributed by atoms with van der Waals surface area (Å²) in [5.74, 6) is -0.0263. The predicted octanol–water partition coefficient (Wildman–Crippen LogP) is 4.58. The van der Waals surface area contributed by atoms with E-state index in [1.165, 1.54) is 5.56 Å². The summed E-state index contributed by atoms with van der Waals surface area (Å²) in [6.07, 6.45) is 3.95. The molecule has 1 heterocycles. The average Bonchev–Trinajstić information content (AvgIpc) is 2.67. The molecule has 0 saturated carbocycles. The van der Waals surface area contributed by atoms with Gasteiger partial charge in [-0.15, -0.1) is 0 Å². The van der Waals surface area contributed by atoms with Gasteiger partial charge in [-0.3, -0.25) is 9.78 Å². The fourth-order valence-electron chi connectivity index (χ4n) is 2.90. The van der Waals surface area contributed by atoms with Crippen LogP contribution in [0.3, 0.4) is 0 Å². The molecule has 2 N–H and O–H groups in total. The molecule has 3 heteroatoms. The van der Waals surface area contributed by atoms with Gasteiger partial charge in [0, 0.05) is 17.5 Å². The third-order valence-corrected chi connectivity index (χ3v) is 4.50. The number of amides is 1. The van der Waals surface area contributed by atoms with E-state index in [0.717, 1.165) is 29.7 Å². The second kappa shape index (κ2) is 7.75. The number of hydrogen-bond acceptors (Lipinski definition) is 2. The van der Waals surface area contributed by atoms with Gasteiger partial charge in [0.25, 0.3) is 0 Å². The Labute approximate surface area is 148 Å². The van der Waals surface area contributed by atoms with E-state index in [1.54, 1.807) is 12.1 Å². The molecule has 1 unspecified atom stereocenters. The Morgan fingerprint density at radius 2 is 1.72 bits per heavy atom. The van der Waals surface area contributed by atoms with Crippen molar-refractivity contribution in [3.05, 3.63) is 89.7 Å². The maximum absolute atomic E-state index is 11.2. The Morgan fingerprint density at radius 3 is 2.40 bits per heavy atom. The molecule has 0 spiro atoms. The summed E-state index contributed by atoms with van der Waals surface area (Å²) in [6, 6.07) is 22.0. The summed E-state index contributed by atoms with van der Waals surface area (Å²) in [5.41, 5.74) is 10.4. The number of carbonyl (C=O) groups excluding carboxylic acids is 1. The lowest BCUT2D eigenvalue weighted by Gasteiger charge is -2.12. The molecule has 25 heavy (non-hydrogen) atoms. The Bertz CT molecular complexity index is 841. The van der Waals surface area contributed by atoms with Gasteiger partial charge >= 0.3 is 0 Å². The van der Waals surface area contributed by atoms with Crippen LogP contribution in [0.4, 0.5) is 0 Å². The second-order valence-electron chi connectivity index (χ2n) is 6.34. The van der Waals surface area contributed by atoms with Gasteiger partial charge in [-0.05, 0) is 59.7 Å². The Kier molecular flexibility index (Phi) is 5.24. The number of rotatable bonds is 6. The van der Waals surface area contributed by atoms with Crippen LogP contribution in [-0.2, 0) is 6.42 Å². The van der Waals surface area contributed by atoms with E-state index < -0.39 is 5.91 Å². The van der Waals surface area contributed by atoms with Crippen molar-refractivity contribution < 1.29 is 4.79 Å². The lowest BCUT2D eigenvalue weighted by Crippen LogP contribution is -2.10. The number of aromatic nitrogens is 1. The SMILES string of the molecule is CC(CCc1ccccc1)c1cc(-c2ccc(C(N)=O)cc2)ccn1. The zero-order valence-electron chi connectivity index (χ0n) is 14.4. The summed E-state index contributed by atoms with van der Waals surface area (Å²) in [5, 5.41) is 0. The van der Waals surface area contributed by atoms with Crippen LogP contribution in [-0.4, -0.2) is 10.9 Å². The van der Waals surface area contributed by atoms with Crippen molar-refractivity contribution in [1.82, 2.24) is 4.98 Å². The van der Waals surface area contributed by atoms with Crippen molar-refractivity contribution in [1.29, 1.82) is 0 Å². The molecule has 0 radical (unpaired) electrons. The van der Waals surface area contributed by atoms with E-state index in [1.807, 2.05) is 30.5 Å². The van der Waals surface area contributed by atoms with Gasteiger partial charge in [-0.25, -0.2) is 0 Å². The normalized spacial score (nSPS) is 11.9. The molecule has 3 rings (SSSR count). The first kappa shape index (κ1) is 16.9. The van der Waals surface area contributed by atoms with Crippen LogP contribution in [0.15, 0.2) is 72.9 Å². The molecule has 1 aromatic heterocycles. The second-order valence-corrected chi connectivity index (χ2v) is 6.34. The molecule has 1 atom stereocenters. The quantitative estimate of drug-likeness (QED) is 0.719. The minimum Gasteiger partial charge on any atom is -0.366 e. The summed E-state index contributed by atoms with van der Waals surface area (Å²) in [4.78, 5) is 15.7. The highest BCUT2D eigenvalue weighted by Gasteiger charge is 2.09. The molecule has 0 aliphatic rings. The van der Waals surface area contributed by atoms with Crippen molar-refractivity contribution in [2.75, 3.05) is 0 Å². The number of benzene rings is 2. The van der Waals surface area contributed by atoms with Crippen molar-refractivity contribution >= 4 is 5.91 Å². The molecular weight excluding hydrogens is 308 g/mol. The molecule has 2 aromatic carbocycles. The fourth-order valence-corrected chi connectivity index (χ4v) is 2.90. The van der Waals surface area contributed by atoms with E-state index in [-0.39, 0.29) is 0 Å². The van der Waals surface area contributed by atoms with Crippen LogP contribution in [0, 0.1) is 0 Å². The van der Waals surface area contributed by atoms with Crippen LogP contribution >= 0.6 is 0 Å². The number of primary amides is 1. The average molecular weight is 330 g/mol. The zero-order valence-corrected chi connectivity index (χ0v) is 14.4. The predicted molar refractivity (Wildman–Crippen MR) is 101 cm³/mol. The van der Waals surface area contributed by atoms with Crippen molar-refractivity contribution in [3.63, 3.8) is 0 Å². The van der Waals surface area contributed by atoms with Crippen LogP contribution in [0.2, 0.25) is 0 Å². The minimum atomic E-state index is -0.406. The summed E-state index contributed by atoms with van der Waals surface area (Å²) >= 11 is 0. The smallest absolute Gasteiger partial charge is 0.248 e. The molecule has 3 aromatic rings. The molecule has 0 saturated heterocycles. The monoisotopic (exact) mass is 330 g/mol. The topological polar surface area (TPSA) is 56.0 Å². The number of pyridine rings is 1. The summed E-state index contributed by atoms with van der Waals surface area (Å²) in [6.45, 7) is 2.21. The molecule has 1 amide bonds. The first-order valence-corrected chi connectivity index (χ1v) is 8.53. The number of carbonyl (C=O) groups is 1. The molecule has 0 aliphatic heterocycles. The first-order chi connectivity index (χ1) is 12.1. The van der Waals surface area contributed by atoms with Crippen molar-refractivity contribution in [2.24, 2.45) is 5.73 Å². The van der Waals surface area contributed by atoms with E-state index in [4.69, 9.17) is 5.73 Å². The first-order valence-electron chi connectivity index (χ1n) is 8.53. The Morgan fingerprint density at radius 1 is 1.00 bits per heavy atom. The highest BCUT2D eigenvalue weighted by Crippen LogP contribution is 2.25. The Hall–Kier alpha value is -2.94. The lowest BCUT2D eigenvalue weighted by molar-refractivity contribution is 0.100. The van der Waals surface area contributed by atoms with E-state index in [2.05, 4.69) is 42.2 Å². The maximum Gasteiger partial charge on any atom is 0.248 e. The summed E-state index contributed by atoms with van der Waals surface area (Å²) < 4.78 is 0. The fraction of sp³-hybridized carbons (Fsp3) is 0.182. The van der Waals surface area contributed by atoms with Gasteiger partial charge in [-0.2, -0.15) is 0 Å². The van der Waals surface area contributed by atoms with Crippen molar-refractivity contribution in [3.8, 4) is 11.1 Å². The van der Waals surface area contributed by atoms with Gasteiger partial charge in [-0.1, -0.05) is 49.4 Å². The Balaban J connectivity index is 1.73. The molecule has 126 valence electrons. The van der Waals surface area contributed by atoms with Crippen LogP contribution in [0.25, 0.3) is 11.1 Å². The third kappa shape index (κ3) is 4.32. The third-order valence-electron chi connectivity index (χ3n) is 4.50. The largest absolute Gasteiger partial charge is 0.366 e. The molecule has 3 nitrogen and oxygen atoms in total. The number of aryl methyl sites for hydroxylation is 1. The van der Waals surface area contributed by atoms with Gasteiger partial charge in [0.2, 0.25) is 5.91 Å². The van der Waals surface area contributed by atoms with Gasteiger partial charge in [0.1, 0.15) is 0 Å². The van der Waals surface area contributed by atoms with Gasteiger partial charge in [0.15, 0.2) is 0 Å². The van der Waals surface area contributed by atoms with E-state index in [0.29, 0.717) is 11.5 Å². The van der Waals surface area contributed by atoms with Crippen LogP contribution < -0.4 is 5.73 Å². The van der Waals surface area contributed by atoms with Gasteiger partial charge < -0.3 is 5.73 Å². The van der Waals surface area contributed by atoms with Crippen LogP contribution in [0.5, 0.6) is 0 Å². The molecule has 0 fully saturated rings. The molecule has 0 bridgehead atoms. The maximum atomic E-state index is 11.2. The highest BCUT2D eigenvalue weighted by molar-refractivity contribution is 5.93. The highest BCUT2D eigenvalue weighted by atomic mass is 16.1. The van der Waals surface area contributed by atoms with E-state index in [9.17, 15) is 4.79 Å². The number of hydrogen-bond donors (Lipinski definition) is 1. The standard InChI is InChI=1S/C22H22N2O/c1-16(7-8-17-5-3-2-4-6-17)21-15-20(13-14-24-21)18-9-11-19(12-10-18)22(23)25/h2-6,9-16H,7-8H2,1H3,(H2,23,25). The molecular formula is C22H22N2O. The zero-order chi connectivity index (χ0) is 17.6.